The molecule has 5 nitrogen and oxygen atoms in total. The van der Waals surface area contributed by atoms with Gasteiger partial charge in [-0.1, -0.05) is 6.07 Å². The molecule has 5 rings (SSSR count). The van der Waals surface area contributed by atoms with Crippen LogP contribution in [0.2, 0.25) is 0 Å². The minimum absolute atomic E-state index is 0.0535. The van der Waals surface area contributed by atoms with Crippen molar-refractivity contribution in [2.75, 3.05) is 33.6 Å². The van der Waals surface area contributed by atoms with Crippen molar-refractivity contribution in [1.82, 2.24) is 5.32 Å². The molecule has 2 aliphatic heterocycles. The summed E-state index contributed by atoms with van der Waals surface area (Å²) in [6.07, 6.45) is 0. The summed E-state index contributed by atoms with van der Waals surface area (Å²) in [7, 11) is 1.71. The first kappa shape index (κ1) is 14.0. The van der Waals surface area contributed by atoms with Crippen molar-refractivity contribution in [2.45, 2.75) is 11.3 Å². The fraction of sp³-hybridized carbons (Fsp3) is 0.368. The van der Waals surface area contributed by atoms with Crippen LogP contribution in [0.1, 0.15) is 17.0 Å². The number of ether oxygens (including phenoxy) is 4. The average molecular weight is 325 g/mol. The molecule has 0 radical (unpaired) electrons. The molecule has 3 aliphatic rings. The standard InChI is InChI=1S/C19H19NO4/c1-21-12-2-4-15-14(6-12)16-8-20-9-19(15,16)10-22-13-3-5-17-18(7-13)24-11-23-17/h2-7,16,20H,8-11H2,1H3. The largest absolute Gasteiger partial charge is 0.497 e. The molecule has 2 heterocycles. The Hall–Kier alpha value is -2.40. The number of fused-ring (bicyclic) bond motifs is 5. The van der Waals surface area contributed by atoms with Crippen LogP contribution < -0.4 is 24.3 Å². The van der Waals surface area contributed by atoms with E-state index in [4.69, 9.17) is 18.9 Å². The number of hydrogen-bond acceptors (Lipinski definition) is 5. The maximum absolute atomic E-state index is 6.15. The van der Waals surface area contributed by atoms with Crippen molar-refractivity contribution < 1.29 is 18.9 Å². The van der Waals surface area contributed by atoms with E-state index in [0.29, 0.717) is 12.5 Å². The molecule has 24 heavy (non-hydrogen) atoms. The molecule has 124 valence electrons. The molecule has 2 aromatic carbocycles. The predicted octanol–water partition coefficient (Wildman–Crippen LogP) is 2.44. The van der Waals surface area contributed by atoms with E-state index in [1.165, 1.54) is 11.1 Å². The number of methoxy groups -OCH3 is 1. The fourth-order valence-corrected chi connectivity index (χ4v) is 4.19. The minimum Gasteiger partial charge on any atom is -0.497 e. The van der Waals surface area contributed by atoms with E-state index in [1.54, 1.807) is 7.11 Å². The van der Waals surface area contributed by atoms with Gasteiger partial charge in [0.1, 0.15) is 11.5 Å². The molecule has 2 aromatic rings. The maximum atomic E-state index is 6.15. The highest BCUT2D eigenvalue weighted by molar-refractivity contribution is 5.56. The van der Waals surface area contributed by atoms with Crippen LogP contribution in [0, 0.1) is 0 Å². The molecule has 0 saturated carbocycles. The van der Waals surface area contributed by atoms with E-state index in [-0.39, 0.29) is 12.2 Å². The quantitative estimate of drug-likeness (QED) is 0.936. The molecule has 1 N–H and O–H groups in total. The summed E-state index contributed by atoms with van der Waals surface area (Å²) in [5.41, 5.74) is 2.81. The number of benzene rings is 2. The van der Waals surface area contributed by atoms with Gasteiger partial charge < -0.3 is 24.3 Å². The normalized spacial score (nSPS) is 25.6. The lowest BCUT2D eigenvalue weighted by Crippen LogP contribution is -2.48. The molecule has 1 fully saturated rings. The van der Waals surface area contributed by atoms with Crippen molar-refractivity contribution in [1.29, 1.82) is 0 Å². The lowest BCUT2D eigenvalue weighted by Gasteiger charge is -2.46. The van der Waals surface area contributed by atoms with Crippen LogP contribution in [-0.2, 0) is 5.41 Å². The Morgan fingerprint density at radius 3 is 2.92 bits per heavy atom. The highest BCUT2D eigenvalue weighted by Crippen LogP contribution is 2.54. The van der Waals surface area contributed by atoms with Gasteiger partial charge in [-0.25, -0.2) is 0 Å². The second kappa shape index (κ2) is 5.05. The van der Waals surface area contributed by atoms with Gasteiger partial charge in [0.25, 0.3) is 0 Å². The van der Waals surface area contributed by atoms with Crippen molar-refractivity contribution in [3.63, 3.8) is 0 Å². The lowest BCUT2D eigenvalue weighted by molar-refractivity contribution is 0.173. The van der Waals surface area contributed by atoms with Crippen LogP contribution in [0.25, 0.3) is 0 Å². The van der Waals surface area contributed by atoms with Gasteiger partial charge >= 0.3 is 0 Å². The van der Waals surface area contributed by atoms with E-state index in [9.17, 15) is 0 Å². The first-order valence-corrected chi connectivity index (χ1v) is 8.22. The van der Waals surface area contributed by atoms with Gasteiger partial charge in [0.05, 0.1) is 19.1 Å². The Balaban J connectivity index is 1.40. The average Bonchev–Trinajstić information content (AvgIpc) is 3.22. The third-order valence-electron chi connectivity index (χ3n) is 5.47. The van der Waals surface area contributed by atoms with Gasteiger partial charge in [-0.2, -0.15) is 0 Å². The highest BCUT2D eigenvalue weighted by atomic mass is 16.7. The summed E-state index contributed by atoms with van der Waals surface area (Å²) in [5, 5.41) is 3.52. The molecule has 5 heteroatoms. The van der Waals surface area contributed by atoms with Crippen molar-refractivity contribution in [2.24, 2.45) is 0 Å². The SMILES string of the molecule is COc1ccc2c(c1)C1CNCC21COc1ccc2c(c1)OCO2. The van der Waals surface area contributed by atoms with Gasteiger partial charge in [0.15, 0.2) is 11.5 Å². The van der Waals surface area contributed by atoms with E-state index < -0.39 is 0 Å². The molecule has 0 spiro atoms. The summed E-state index contributed by atoms with van der Waals surface area (Å²) in [6, 6.07) is 12.1. The van der Waals surface area contributed by atoms with Gasteiger partial charge in [-0.05, 0) is 35.4 Å². The van der Waals surface area contributed by atoms with Crippen LogP contribution in [-0.4, -0.2) is 33.6 Å². The topological polar surface area (TPSA) is 49.0 Å². The summed E-state index contributed by atoms with van der Waals surface area (Å²) in [6.45, 7) is 2.87. The molecular formula is C19H19NO4. The van der Waals surface area contributed by atoms with E-state index in [1.807, 2.05) is 24.3 Å². The molecular weight excluding hydrogens is 306 g/mol. The highest BCUT2D eigenvalue weighted by Gasteiger charge is 2.55. The zero-order valence-electron chi connectivity index (χ0n) is 13.5. The summed E-state index contributed by atoms with van der Waals surface area (Å²) in [4.78, 5) is 0. The Morgan fingerprint density at radius 1 is 1.12 bits per heavy atom. The molecule has 0 amide bonds. The minimum atomic E-state index is 0.0535. The van der Waals surface area contributed by atoms with Gasteiger partial charge in [-0.15, -0.1) is 0 Å². The zero-order chi connectivity index (χ0) is 16.1. The molecule has 0 aromatic heterocycles. The monoisotopic (exact) mass is 325 g/mol. The van der Waals surface area contributed by atoms with Gasteiger partial charge in [-0.3, -0.25) is 0 Å². The smallest absolute Gasteiger partial charge is 0.231 e. The van der Waals surface area contributed by atoms with E-state index in [0.717, 1.165) is 36.1 Å². The predicted molar refractivity (Wildman–Crippen MR) is 88.3 cm³/mol. The summed E-state index contributed by atoms with van der Waals surface area (Å²) >= 11 is 0. The Bertz CT molecular complexity index is 806. The second-order valence-corrected chi connectivity index (χ2v) is 6.60. The molecule has 1 aliphatic carbocycles. The molecule has 2 unspecified atom stereocenters. The van der Waals surface area contributed by atoms with Gasteiger partial charge in [0.2, 0.25) is 6.79 Å². The molecule has 0 bridgehead atoms. The summed E-state index contributed by atoms with van der Waals surface area (Å²) < 4.78 is 22.3. The van der Waals surface area contributed by atoms with Gasteiger partial charge in [0, 0.05) is 25.1 Å². The Kier molecular flexibility index (Phi) is 2.94. The zero-order valence-corrected chi connectivity index (χ0v) is 13.5. The molecule has 1 saturated heterocycles. The number of rotatable bonds is 4. The summed E-state index contributed by atoms with van der Waals surface area (Å²) in [5.74, 6) is 3.76. The van der Waals surface area contributed by atoms with Crippen LogP contribution in [0.3, 0.4) is 0 Å². The Labute approximate surface area is 140 Å². The van der Waals surface area contributed by atoms with Crippen molar-refractivity contribution >= 4 is 0 Å². The van der Waals surface area contributed by atoms with Crippen molar-refractivity contribution in [3.8, 4) is 23.0 Å². The molecule has 2 atom stereocenters. The first-order valence-electron chi connectivity index (χ1n) is 8.22. The van der Waals surface area contributed by atoms with Crippen LogP contribution in [0.4, 0.5) is 0 Å². The van der Waals surface area contributed by atoms with Crippen LogP contribution in [0.15, 0.2) is 36.4 Å². The first-order chi connectivity index (χ1) is 11.8. The van der Waals surface area contributed by atoms with E-state index >= 15 is 0 Å². The lowest BCUT2D eigenvalue weighted by atomic mass is 9.58. The second-order valence-electron chi connectivity index (χ2n) is 6.60. The fourth-order valence-electron chi connectivity index (χ4n) is 4.19. The van der Waals surface area contributed by atoms with E-state index in [2.05, 4.69) is 17.4 Å². The van der Waals surface area contributed by atoms with Crippen LogP contribution in [0.5, 0.6) is 23.0 Å². The number of hydrogen-bond donors (Lipinski definition) is 1. The third kappa shape index (κ3) is 1.85. The van der Waals surface area contributed by atoms with Crippen molar-refractivity contribution in [3.05, 3.63) is 47.5 Å². The third-order valence-corrected chi connectivity index (χ3v) is 5.47. The maximum Gasteiger partial charge on any atom is 0.231 e. The van der Waals surface area contributed by atoms with Crippen LogP contribution >= 0.6 is 0 Å². The number of nitrogens with one attached hydrogen (secondary N) is 1. The Morgan fingerprint density at radius 2 is 2.00 bits per heavy atom.